The molecule has 0 saturated carbocycles. The van der Waals surface area contributed by atoms with E-state index in [2.05, 4.69) is 54.0 Å². The van der Waals surface area contributed by atoms with Crippen molar-refractivity contribution in [3.8, 4) is 5.75 Å². The van der Waals surface area contributed by atoms with Crippen LogP contribution >= 0.6 is 0 Å². The highest BCUT2D eigenvalue weighted by molar-refractivity contribution is 5.76. The van der Waals surface area contributed by atoms with Crippen LogP contribution in [0.4, 0.5) is 0 Å². The summed E-state index contributed by atoms with van der Waals surface area (Å²) in [6, 6.07) is 26.6. The highest BCUT2D eigenvalue weighted by atomic mass is 16.5. The monoisotopic (exact) mass is 375 g/mol. The zero-order valence-electron chi connectivity index (χ0n) is 16.4. The molecule has 3 N–H and O–H groups in total. The van der Waals surface area contributed by atoms with Crippen molar-refractivity contribution < 1.29 is 14.8 Å². The number of aryl methyl sites for hydroxylation is 1. The van der Waals surface area contributed by atoms with Gasteiger partial charge in [-0.1, -0.05) is 72.3 Å². The molecule has 0 aliphatic rings. The van der Waals surface area contributed by atoms with Crippen LogP contribution in [-0.4, -0.2) is 19.6 Å². The molecule has 0 heterocycles. The van der Waals surface area contributed by atoms with Gasteiger partial charge < -0.3 is 15.4 Å². The van der Waals surface area contributed by atoms with E-state index in [1.54, 1.807) is 7.11 Å². The molecule has 0 bridgehead atoms. The molecule has 3 aromatic carbocycles. The molecule has 0 aliphatic carbocycles. The highest BCUT2D eigenvalue weighted by Crippen LogP contribution is 2.18. The lowest BCUT2D eigenvalue weighted by Gasteiger charge is -2.17. The molecule has 1 amide bonds. The van der Waals surface area contributed by atoms with Gasteiger partial charge in [0.25, 0.3) is 5.91 Å². The van der Waals surface area contributed by atoms with E-state index >= 15 is 0 Å². The molecular formula is C24H27N2O2+. The summed E-state index contributed by atoms with van der Waals surface area (Å²) in [5, 5.41) is 5.08. The largest absolute Gasteiger partial charge is 0.497 e. The van der Waals surface area contributed by atoms with E-state index in [0.717, 1.165) is 11.3 Å². The number of nitrogens with two attached hydrogens (primary N) is 1. The minimum atomic E-state index is 0.0175. The first-order chi connectivity index (χ1) is 13.7. The second-order valence-electron chi connectivity index (χ2n) is 6.86. The van der Waals surface area contributed by atoms with Crippen LogP contribution in [0.1, 0.15) is 28.3 Å². The molecule has 0 aromatic heterocycles. The fourth-order valence-corrected chi connectivity index (χ4v) is 3.14. The summed E-state index contributed by atoms with van der Waals surface area (Å²) < 4.78 is 5.16. The Labute approximate surface area is 166 Å². The van der Waals surface area contributed by atoms with E-state index < -0.39 is 0 Å². The zero-order chi connectivity index (χ0) is 19.8. The van der Waals surface area contributed by atoms with Crippen molar-refractivity contribution >= 4 is 5.91 Å². The number of carbonyl (C=O) groups is 1. The van der Waals surface area contributed by atoms with Gasteiger partial charge in [-0.2, -0.15) is 0 Å². The highest BCUT2D eigenvalue weighted by Gasteiger charge is 2.18. The molecule has 0 spiro atoms. The van der Waals surface area contributed by atoms with Gasteiger partial charge in [-0.05, 0) is 24.6 Å². The number of rotatable bonds is 8. The summed E-state index contributed by atoms with van der Waals surface area (Å²) in [5.41, 5.74) is 4.66. The maximum Gasteiger partial charge on any atom is 0.275 e. The summed E-state index contributed by atoms with van der Waals surface area (Å²) in [4.78, 5) is 12.4. The van der Waals surface area contributed by atoms with E-state index in [1.807, 2.05) is 42.5 Å². The van der Waals surface area contributed by atoms with Crippen LogP contribution in [0, 0.1) is 6.92 Å². The van der Waals surface area contributed by atoms with E-state index in [0.29, 0.717) is 13.1 Å². The van der Waals surface area contributed by atoms with Crippen molar-refractivity contribution in [2.24, 2.45) is 0 Å². The van der Waals surface area contributed by atoms with Crippen LogP contribution in [0.15, 0.2) is 78.9 Å². The molecule has 0 unspecified atom stereocenters. The van der Waals surface area contributed by atoms with Crippen molar-refractivity contribution in [1.29, 1.82) is 0 Å². The fourth-order valence-electron chi connectivity index (χ4n) is 3.14. The van der Waals surface area contributed by atoms with Crippen molar-refractivity contribution in [2.45, 2.75) is 19.5 Å². The Morgan fingerprint density at radius 2 is 1.57 bits per heavy atom. The van der Waals surface area contributed by atoms with Gasteiger partial charge in [0.15, 0.2) is 6.54 Å². The van der Waals surface area contributed by atoms with Crippen molar-refractivity contribution in [1.82, 2.24) is 5.32 Å². The van der Waals surface area contributed by atoms with Crippen molar-refractivity contribution in [3.63, 3.8) is 0 Å². The molecule has 0 saturated heterocycles. The van der Waals surface area contributed by atoms with Gasteiger partial charge in [-0.15, -0.1) is 0 Å². The molecule has 3 aromatic rings. The second kappa shape index (κ2) is 9.72. The van der Waals surface area contributed by atoms with Gasteiger partial charge in [0.2, 0.25) is 0 Å². The van der Waals surface area contributed by atoms with E-state index in [-0.39, 0.29) is 11.9 Å². The smallest absolute Gasteiger partial charge is 0.275 e. The van der Waals surface area contributed by atoms with Crippen LogP contribution in [0.25, 0.3) is 0 Å². The predicted molar refractivity (Wildman–Crippen MR) is 111 cm³/mol. The molecule has 4 heteroatoms. The molecule has 0 aliphatic heterocycles. The minimum absolute atomic E-state index is 0.0175. The first kappa shape index (κ1) is 19.6. The topological polar surface area (TPSA) is 54.9 Å². The third-order valence-electron chi connectivity index (χ3n) is 4.78. The van der Waals surface area contributed by atoms with Gasteiger partial charge in [0.1, 0.15) is 11.8 Å². The Morgan fingerprint density at radius 1 is 0.929 bits per heavy atom. The third-order valence-corrected chi connectivity index (χ3v) is 4.78. The van der Waals surface area contributed by atoms with Crippen LogP contribution in [0.3, 0.4) is 0 Å². The number of amides is 1. The van der Waals surface area contributed by atoms with E-state index in [4.69, 9.17) is 4.74 Å². The molecule has 0 radical (unpaired) electrons. The first-order valence-electron chi connectivity index (χ1n) is 9.50. The fraction of sp³-hybridized carbons (Fsp3) is 0.208. The minimum Gasteiger partial charge on any atom is -0.497 e. The number of quaternary nitrogens is 1. The number of carbonyl (C=O) groups excluding carboxylic acids is 1. The van der Waals surface area contributed by atoms with Gasteiger partial charge in [-0.3, -0.25) is 4.79 Å². The number of benzene rings is 3. The lowest BCUT2D eigenvalue weighted by Crippen LogP contribution is -2.87. The molecule has 144 valence electrons. The predicted octanol–water partition coefficient (Wildman–Crippen LogP) is 2.97. The Morgan fingerprint density at radius 3 is 2.21 bits per heavy atom. The number of hydrogen-bond donors (Lipinski definition) is 2. The normalized spacial score (nSPS) is 11.6. The Kier molecular flexibility index (Phi) is 6.82. The van der Waals surface area contributed by atoms with Crippen LogP contribution in [0.2, 0.25) is 0 Å². The quantitative estimate of drug-likeness (QED) is 0.636. The number of ether oxygens (including phenoxy) is 1. The van der Waals surface area contributed by atoms with E-state index in [9.17, 15) is 4.79 Å². The maximum absolute atomic E-state index is 12.4. The second-order valence-corrected chi connectivity index (χ2v) is 6.86. The summed E-state index contributed by atoms with van der Waals surface area (Å²) >= 11 is 0. The van der Waals surface area contributed by atoms with E-state index in [1.165, 1.54) is 16.7 Å². The van der Waals surface area contributed by atoms with Gasteiger partial charge in [0.05, 0.1) is 7.11 Å². The van der Waals surface area contributed by atoms with Gasteiger partial charge in [0, 0.05) is 17.7 Å². The standard InChI is InChI=1S/C24H26N2O2/c1-18-8-12-21(13-9-18)24(20-6-4-3-5-7-20)26-17-23(27)25-16-19-10-14-22(28-2)15-11-19/h3-15,24,26H,16-17H2,1-2H3,(H,25,27)/p+1/t24-/m1/s1. The van der Waals surface area contributed by atoms with Crippen molar-refractivity contribution in [2.75, 3.05) is 13.7 Å². The number of methoxy groups -OCH3 is 1. The zero-order valence-corrected chi connectivity index (χ0v) is 16.4. The SMILES string of the molecule is COc1ccc(CNC(=O)C[NH2+][C@H](c2ccccc2)c2ccc(C)cc2)cc1. The summed E-state index contributed by atoms with van der Waals surface area (Å²) in [7, 11) is 1.64. The Balaban J connectivity index is 1.61. The van der Waals surface area contributed by atoms with Crippen molar-refractivity contribution in [3.05, 3.63) is 101 Å². The Hall–Kier alpha value is -3.11. The van der Waals surface area contributed by atoms with Gasteiger partial charge >= 0.3 is 0 Å². The lowest BCUT2D eigenvalue weighted by atomic mass is 9.98. The van der Waals surface area contributed by atoms with Crippen LogP contribution in [0.5, 0.6) is 5.75 Å². The van der Waals surface area contributed by atoms with Crippen LogP contribution < -0.4 is 15.4 Å². The molecule has 28 heavy (non-hydrogen) atoms. The van der Waals surface area contributed by atoms with Crippen LogP contribution in [-0.2, 0) is 11.3 Å². The molecular weight excluding hydrogens is 348 g/mol. The first-order valence-corrected chi connectivity index (χ1v) is 9.50. The molecule has 3 rings (SSSR count). The third kappa shape index (κ3) is 5.44. The summed E-state index contributed by atoms with van der Waals surface area (Å²) in [6.07, 6.45) is 0. The average Bonchev–Trinajstić information content (AvgIpc) is 2.75. The lowest BCUT2D eigenvalue weighted by molar-refractivity contribution is -0.676. The maximum atomic E-state index is 12.4. The van der Waals surface area contributed by atoms with Gasteiger partial charge in [-0.25, -0.2) is 0 Å². The molecule has 1 atom stereocenters. The summed E-state index contributed by atoms with van der Waals surface area (Å²) in [5.74, 6) is 0.830. The summed E-state index contributed by atoms with van der Waals surface area (Å²) in [6.45, 7) is 2.96. The number of hydrogen-bond acceptors (Lipinski definition) is 2. The number of nitrogens with one attached hydrogen (secondary N) is 1. The molecule has 0 fully saturated rings. The average molecular weight is 375 g/mol. The Bertz CT molecular complexity index is 875. The molecule has 4 nitrogen and oxygen atoms in total.